The van der Waals surface area contributed by atoms with E-state index in [1.54, 1.807) is 34.0 Å². The molecule has 0 aliphatic heterocycles. The Morgan fingerprint density at radius 1 is 0.947 bits per heavy atom. The van der Waals surface area contributed by atoms with E-state index in [1.807, 2.05) is 0 Å². The Morgan fingerprint density at radius 2 is 1.58 bits per heavy atom. The highest BCUT2D eigenvalue weighted by atomic mass is 32.1. The van der Waals surface area contributed by atoms with Crippen LogP contribution in [-0.4, -0.2) is 0 Å². The minimum absolute atomic E-state index is 1.01. The SMILES string of the molecule is C#Cc1cc(-c2sccc2C)c(-c2sccc2C)s1. The number of terminal acetylenes is 1. The van der Waals surface area contributed by atoms with Crippen molar-refractivity contribution in [3.05, 3.63) is 45.0 Å². The highest BCUT2D eigenvalue weighted by molar-refractivity contribution is 7.23. The van der Waals surface area contributed by atoms with Crippen LogP contribution in [0.3, 0.4) is 0 Å². The average molecular weight is 300 g/mol. The summed E-state index contributed by atoms with van der Waals surface area (Å²) in [5.41, 5.74) is 3.93. The minimum atomic E-state index is 1.01. The maximum atomic E-state index is 5.58. The van der Waals surface area contributed by atoms with Gasteiger partial charge in [0, 0.05) is 15.3 Å². The highest BCUT2D eigenvalue weighted by Gasteiger charge is 2.17. The summed E-state index contributed by atoms with van der Waals surface area (Å²) in [6, 6.07) is 6.48. The molecule has 3 aromatic rings. The van der Waals surface area contributed by atoms with E-state index in [1.165, 1.54) is 31.3 Å². The topological polar surface area (TPSA) is 0 Å². The maximum Gasteiger partial charge on any atom is 0.0779 e. The van der Waals surface area contributed by atoms with Crippen molar-refractivity contribution in [2.45, 2.75) is 13.8 Å². The van der Waals surface area contributed by atoms with E-state index >= 15 is 0 Å². The van der Waals surface area contributed by atoms with E-state index in [9.17, 15) is 0 Å². The number of thiophene rings is 3. The molecule has 0 bridgehead atoms. The van der Waals surface area contributed by atoms with Crippen LogP contribution >= 0.6 is 34.0 Å². The molecule has 0 aliphatic carbocycles. The predicted octanol–water partition coefficient (Wildman–Crippen LogP) is 5.80. The monoisotopic (exact) mass is 300 g/mol. The molecule has 0 radical (unpaired) electrons. The van der Waals surface area contributed by atoms with Crippen LogP contribution in [0.5, 0.6) is 0 Å². The lowest BCUT2D eigenvalue weighted by Crippen LogP contribution is -1.77. The quantitative estimate of drug-likeness (QED) is 0.524. The first kappa shape index (κ1) is 12.7. The molecule has 0 saturated heterocycles. The Morgan fingerprint density at radius 3 is 2.11 bits per heavy atom. The van der Waals surface area contributed by atoms with Crippen molar-refractivity contribution in [1.29, 1.82) is 0 Å². The van der Waals surface area contributed by atoms with Gasteiger partial charge in [-0.25, -0.2) is 0 Å². The zero-order valence-corrected chi connectivity index (χ0v) is 13.1. The molecule has 94 valence electrons. The smallest absolute Gasteiger partial charge is 0.0779 e. The Kier molecular flexibility index (Phi) is 3.32. The standard InChI is InChI=1S/C16H12S3/c1-4-12-9-13(14-10(2)5-7-17-14)16(19-12)15-11(3)6-8-18-15/h1,5-9H,2-3H3. The summed E-state index contributed by atoms with van der Waals surface area (Å²) in [6.07, 6.45) is 5.58. The number of rotatable bonds is 2. The van der Waals surface area contributed by atoms with Gasteiger partial charge in [0.2, 0.25) is 0 Å². The third-order valence-electron chi connectivity index (χ3n) is 3.05. The fourth-order valence-electron chi connectivity index (χ4n) is 2.05. The fourth-order valence-corrected chi connectivity index (χ4v) is 5.20. The summed E-state index contributed by atoms with van der Waals surface area (Å²) < 4.78 is 0. The molecule has 0 spiro atoms. The summed E-state index contributed by atoms with van der Waals surface area (Å²) in [5, 5.41) is 4.29. The van der Waals surface area contributed by atoms with E-state index in [-0.39, 0.29) is 0 Å². The normalized spacial score (nSPS) is 10.6. The molecule has 3 heteroatoms. The van der Waals surface area contributed by atoms with Gasteiger partial charge in [-0.1, -0.05) is 5.92 Å². The van der Waals surface area contributed by atoms with Crippen LogP contribution in [-0.2, 0) is 0 Å². The zero-order chi connectivity index (χ0) is 13.4. The molecule has 0 fully saturated rings. The molecule has 0 N–H and O–H groups in total. The van der Waals surface area contributed by atoms with E-state index < -0.39 is 0 Å². The molecule has 0 aliphatic rings. The van der Waals surface area contributed by atoms with Gasteiger partial charge in [-0.2, -0.15) is 0 Å². The second-order valence-corrected chi connectivity index (χ2v) is 7.25. The van der Waals surface area contributed by atoms with E-state index in [4.69, 9.17) is 6.42 Å². The molecule has 3 rings (SSSR count). The molecular formula is C16H12S3. The predicted molar refractivity (Wildman–Crippen MR) is 88.4 cm³/mol. The Hall–Kier alpha value is -1.34. The van der Waals surface area contributed by atoms with Gasteiger partial charge < -0.3 is 0 Å². The Balaban J connectivity index is 2.26. The molecule has 19 heavy (non-hydrogen) atoms. The van der Waals surface area contributed by atoms with E-state index in [2.05, 4.69) is 48.7 Å². The maximum absolute atomic E-state index is 5.58. The summed E-state index contributed by atoms with van der Waals surface area (Å²) >= 11 is 5.30. The highest BCUT2D eigenvalue weighted by Crippen LogP contribution is 2.45. The van der Waals surface area contributed by atoms with Crippen LogP contribution in [0, 0.1) is 26.2 Å². The molecule has 3 heterocycles. The van der Waals surface area contributed by atoms with Crippen molar-refractivity contribution in [2.24, 2.45) is 0 Å². The molecule has 0 aromatic carbocycles. The van der Waals surface area contributed by atoms with Gasteiger partial charge >= 0.3 is 0 Å². The van der Waals surface area contributed by atoms with Gasteiger partial charge in [0.05, 0.1) is 9.75 Å². The molecule has 0 unspecified atom stereocenters. The molecular weight excluding hydrogens is 288 g/mol. The fraction of sp³-hybridized carbons (Fsp3) is 0.125. The molecule has 0 nitrogen and oxygen atoms in total. The summed E-state index contributed by atoms with van der Waals surface area (Å²) in [5.74, 6) is 2.78. The lowest BCUT2D eigenvalue weighted by molar-refractivity contribution is 1.54. The second-order valence-electron chi connectivity index (χ2n) is 4.36. The Bertz CT molecular complexity index is 704. The second kappa shape index (κ2) is 4.97. The Labute approximate surface area is 125 Å². The van der Waals surface area contributed by atoms with Crippen LogP contribution in [0.1, 0.15) is 16.0 Å². The first-order valence-electron chi connectivity index (χ1n) is 5.90. The van der Waals surface area contributed by atoms with E-state index in [0.29, 0.717) is 0 Å². The van der Waals surface area contributed by atoms with Gasteiger partial charge in [-0.3, -0.25) is 0 Å². The van der Waals surface area contributed by atoms with Crippen LogP contribution in [0.25, 0.3) is 20.2 Å². The van der Waals surface area contributed by atoms with Crippen molar-refractivity contribution in [1.82, 2.24) is 0 Å². The summed E-state index contributed by atoms with van der Waals surface area (Å²) in [4.78, 5) is 4.99. The number of hydrogen-bond acceptors (Lipinski definition) is 3. The number of aryl methyl sites for hydroxylation is 2. The van der Waals surface area contributed by atoms with Crippen LogP contribution in [0.4, 0.5) is 0 Å². The zero-order valence-electron chi connectivity index (χ0n) is 10.7. The molecule has 0 atom stereocenters. The van der Waals surface area contributed by atoms with Crippen LogP contribution < -0.4 is 0 Å². The minimum Gasteiger partial charge on any atom is -0.143 e. The van der Waals surface area contributed by atoms with Gasteiger partial charge in [0.15, 0.2) is 0 Å². The first-order chi connectivity index (χ1) is 9.20. The lowest BCUT2D eigenvalue weighted by Gasteiger charge is -2.02. The third-order valence-corrected chi connectivity index (χ3v) is 6.35. The van der Waals surface area contributed by atoms with Crippen molar-refractivity contribution in [3.63, 3.8) is 0 Å². The first-order valence-corrected chi connectivity index (χ1v) is 8.47. The van der Waals surface area contributed by atoms with Crippen molar-refractivity contribution >= 4 is 34.0 Å². The molecule has 3 aromatic heterocycles. The number of hydrogen-bond donors (Lipinski definition) is 0. The summed E-state index contributed by atoms with van der Waals surface area (Å²) in [6.45, 7) is 4.32. The summed E-state index contributed by atoms with van der Waals surface area (Å²) in [7, 11) is 0. The lowest BCUT2D eigenvalue weighted by atomic mass is 10.1. The van der Waals surface area contributed by atoms with Crippen LogP contribution in [0.15, 0.2) is 29.0 Å². The van der Waals surface area contributed by atoms with Crippen molar-refractivity contribution in [2.75, 3.05) is 0 Å². The van der Waals surface area contributed by atoms with Crippen molar-refractivity contribution < 1.29 is 0 Å². The van der Waals surface area contributed by atoms with Gasteiger partial charge in [-0.05, 0) is 53.9 Å². The van der Waals surface area contributed by atoms with Gasteiger partial charge in [-0.15, -0.1) is 40.4 Å². The average Bonchev–Trinajstić information content (AvgIpc) is 3.08. The van der Waals surface area contributed by atoms with E-state index in [0.717, 1.165) is 4.88 Å². The molecule has 0 saturated carbocycles. The molecule has 0 amide bonds. The third kappa shape index (κ3) is 2.17. The van der Waals surface area contributed by atoms with Gasteiger partial charge in [0.1, 0.15) is 0 Å². The van der Waals surface area contributed by atoms with Gasteiger partial charge in [0.25, 0.3) is 0 Å². The van der Waals surface area contributed by atoms with Crippen LogP contribution in [0.2, 0.25) is 0 Å². The van der Waals surface area contributed by atoms with Crippen molar-refractivity contribution in [3.8, 4) is 32.5 Å². The largest absolute Gasteiger partial charge is 0.143 e.